The van der Waals surface area contributed by atoms with Crippen molar-refractivity contribution >= 4 is 109 Å². The first-order valence-corrected chi connectivity index (χ1v) is 22.9. The number of rotatable bonds is 22. The molecule has 3 fully saturated rings. The molecule has 10 amide bonds. The molecule has 0 spiro atoms. The Morgan fingerprint density at radius 1 is 0.600 bits per heavy atom. The lowest BCUT2D eigenvalue weighted by atomic mass is 10.1. The average molecular weight is 920 g/mol. The summed E-state index contributed by atoms with van der Waals surface area (Å²) in [6.45, 7) is -0.683. The Hall–Kier alpha value is -3.94. The maximum Gasteiger partial charge on any atom is 0.246 e. The summed E-state index contributed by atoms with van der Waals surface area (Å²) < 4.78 is 0. The van der Waals surface area contributed by atoms with Crippen LogP contribution in [0.4, 0.5) is 0 Å². The van der Waals surface area contributed by atoms with Gasteiger partial charge in [-0.1, -0.05) is 0 Å². The summed E-state index contributed by atoms with van der Waals surface area (Å²) >= 11 is 14.1. The summed E-state index contributed by atoms with van der Waals surface area (Å²) in [5.41, 5.74) is 11.1. The number of hydrogen-bond donors (Lipinski definition) is 11. The van der Waals surface area contributed by atoms with Gasteiger partial charge in [0.2, 0.25) is 59.1 Å². The number of carbonyl (C=O) groups is 10. The Kier molecular flexibility index (Phi) is 21.1. The Morgan fingerprint density at radius 2 is 1.02 bits per heavy atom. The predicted octanol–water partition coefficient (Wildman–Crippen LogP) is -4.88. The molecule has 3 aliphatic rings. The van der Waals surface area contributed by atoms with Crippen LogP contribution in [-0.4, -0.2) is 185 Å². The van der Waals surface area contributed by atoms with Crippen LogP contribution < -0.4 is 43.4 Å². The Labute approximate surface area is 369 Å². The second kappa shape index (κ2) is 25.1. The summed E-state index contributed by atoms with van der Waals surface area (Å²) in [5, 5.41) is 14.9. The highest BCUT2D eigenvalue weighted by atomic mass is 32.2. The summed E-state index contributed by atoms with van der Waals surface area (Å²) in [6, 6.07) is -6.90. The maximum absolute atomic E-state index is 13.7. The van der Waals surface area contributed by atoms with E-state index in [1.165, 1.54) is 14.7 Å². The van der Waals surface area contributed by atoms with Gasteiger partial charge in [-0.25, -0.2) is 0 Å². The van der Waals surface area contributed by atoms with Gasteiger partial charge >= 0.3 is 0 Å². The van der Waals surface area contributed by atoms with Crippen LogP contribution in [0.25, 0.3) is 0 Å². The van der Waals surface area contributed by atoms with Crippen molar-refractivity contribution < 1.29 is 47.9 Å². The fourth-order valence-corrected chi connectivity index (χ4v) is 8.32. The molecule has 60 heavy (non-hydrogen) atoms. The topological polar surface area (TPSA) is 305 Å². The van der Waals surface area contributed by atoms with E-state index in [-0.39, 0.29) is 49.1 Å². The van der Waals surface area contributed by atoms with Crippen molar-refractivity contribution in [1.29, 1.82) is 0 Å². The molecule has 0 aromatic carbocycles. The van der Waals surface area contributed by atoms with E-state index < -0.39 is 115 Å². The number of hydrogen-bond acceptors (Lipinski definition) is 15. The standard InChI is InChI=1S/C35H57N11O10S4/c1-60-12-8-19(36)33(54)44-9-2-5-23(44)30(51)40-15-28(49)42-21(17-58)34(55)46-11-4-7-25(46)32(53)43-22(18-59)35(56)45-10-3-6-24(45)31(52)39-14-27(48)41-20(16-57)29(50)38-13-26(37)47/h19-25,57-59H,2-18,36H2,1H3,(H2,37,47)(H,38,50)(H,39,52)(H,40,51)(H,41,48)(H,42,49)(H,43,53)/t19-,20-,21-,22-,23-,24-,25-/m0/s1. The van der Waals surface area contributed by atoms with Gasteiger partial charge in [0.05, 0.1) is 25.7 Å². The zero-order valence-electron chi connectivity index (χ0n) is 33.4. The van der Waals surface area contributed by atoms with Crippen LogP contribution in [0, 0.1) is 0 Å². The first kappa shape index (κ1) is 50.4. The zero-order chi connectivity index (χ0) is 44.5. The van der Waals surface area contributed by atoms with Crippen molar-refractivity contribution in [2.24, 2.45) is 11.5 Å². The fourth-order valence-electron chi connectivity index (χ4n) is 7.08. The van der Waals surface area contributed by atoms with E-state index in [4.69, 9.17) is 11.5 Å². The molecule has 3 saturated heterocycles. The SMILES string of the molecule is CSCC[C@H](N)C(=O)N1CCC[C@H]1C(=O)NCC(=O)N[C@@H](CS)C(=O)N1CCC[C@H]1C(=O)N[C@@H](CS)C(=O)N1CCC[C@H]1C(=O)NCC(=O)N[C@@H](CS)C(=O)NCC(N)=O. The van der Waals surface area contributed by atoms with Gasteiger partial charge in [0.1, 0.15) is 36.3 Å². The normalized spacial score (nSPS) is 20.6. The van der Waals surface area contributed by atoms with Crippen LogP contribution in [-0.2, 0) is 47.9 Å². The molecular weight excluding hydrogens is 863 g/mol. The lowest BCUT2D eigenvalue weighted by Crippen LogP contribution is -2.59. The summed E-state index contributed by atoms with van der Waals surface area (Å²) in [6.07, 6.45) is 4.87. The van der Waals surface area contributed by atoms with E-state index in [2.05, 4.69) is 69.8 Å². The van der Waals surface area contributed by atoms with Crippen LogP contribution in [0.15, 0.2) is 0 Å². The van der Waals surface area contributed by atoms with E-state index in [0.29, 0.717) is 44.4 Å². The van der Waals surface area contributed by atoms with Crippen LogP contribution in [0.5, 0.6) is 0 Å². The Morgan fingerprint density at radius 3 is 1.45 bits per heavy atom. The van der Waals surface area contributed by atoms with Gasteiger partial charge in [-0.05, 0) is 57.0 Å². The Bertz CT molecular complexity index is 1610. The zero-order valence-corrected chi connectivity index (χ0v) is 36.9. The van der Waals surface area contributed by atoms with Crippen molar-refractivity contribution in [3.63, 3.8) is 0 Å². The molecule has 0 unspecified atom stereocenters. The third-order valence-corrected chi connectivity index (χ3v) is 11.9. The highest BCUT2D eigenvalue weighted by Gasteiger charge is 2.42. The van der Waals surface area contributed by atoms with E-state index in [1.54, 1.807) is 11.8 Å². The van der Waals surface area contributed by atoms with Crippen molar-refractivity contribution in [1.82, 2.24) is 46.6 Å². The number of thiol groups is 3. The van der Waals surface area contributed by atoms with Gasteiger partial charge < -0.3 is 58.1 Å². The minimum atomic E-state index is -1.17. The summed E-state index contributed by atoms with van der Waals surface area (Å²) in [4.78, 5) is 133. The van der Waals surface area contributed by atoms with Crippen molar-refractivity contribution in [3.8, 4) is 0 Å². The van der Waals surface area contributed by atoms with Crippen LogP contribution >= 0.6 is 49.6 Å². The Balaban J connectivity index is 1.53. The first-order chi connectivity index (χ1) is 28.6. The van der Waals surface area contributed by atoms with Crippen LogP contribution in [0.3, 0.4) is 0 Å². The van der Waals surface area contributed by atoms with Crippen LogP contribution in [0.2, 0.25) is 0 Å². The molecular formula is C35H57N11O10S4. The van der Waals surface area contributed by atoms with Gasteiger partial charge in [-0.3, -0.25) is 47.9 Å². The highest BCUT2D eigenvalue weighted by Crippen LogP contribution is 2.22. The summed E-state index contributed by atoms with van der Waals surface area (Å²) in [7, 11) is 0. The number of thioether (sulfide) groups is 1. The molecule has 3 aliphatic heterocycles. The number of nitrogens with zero attached hydrogens (tertiary/aromatic N) is 3. The van der Waals surface area contributed by atoms with Gasteiger partial charge in [-0.15, -0.1) is 0 Å². The maximum atomic E-state index is 13.7. The average Bonchev–Trinajstić information content (AvgIpc) is 4.04. The number of nitrogens with one attached hydrogen (secondary N) is 6. The van der Waals surface area contributed by atoms with E-state index in [9.17, 15) is 47.9 Å². The second-order valence-corrected chi connectivity index (χ2v) is 16.5. The van der Waals surface area contributed by atoms with Gasteiger partial charge in [0.15, 0.2) is 0 Å². The minimum absolute atomic E-state index is 0.104. The number of amides is 10. The third kappa shape index (κ3) is 14.3. The van der Waals surface area contributed by atoms with Crippen molar-refractivity contribution in [3.05, 3.63) is 0 Å². The molecule has 0 aromatic heterocycles. The lowest BCUT2D eigenvalue weighted by molar-refractivity contribution is -0.143. The van der Waals surface area contributed by atoms with Crippen molar-refractivity contribution in [2.45, 2.75) is 87.2 Å². The molecule has 0 aliphatic carbocycles. The number of carbonyl (C=O) groups excluding carboxylic acids is 10. The smallest absolute Gasteiger partial charge is 0.246 e. The van der Waals surface area contributed by atoms with Gasteiger partial charge in [-0.2, -0.15) is 49.6 Å². The van der Waals surface area contributed by atoms with Crippen LogP contribution in [0.1, 0.15) is 44.9 Å². The molecule has 7 atom stereocenters. The fraction of sp³-hybridized carbons (Fsp3) is 0.714. The molecule has 10 N–H and O–H groups in total. The van der Waals surface area contributed by atoms with E-state index >= 15 is 0 Å². The molecule has 336 valence electrons. The number of primary amides is 1. The predicted molar refractivity (Wildman–Crippen MR) is 231 cm³/mol. The molecule has 25 heteroatoms. The lowest BCUT2D eigenvalue weighted by Gasteiger charge is -2.31. The minimum Gasteiger partial charge on any atom is -0.368 e. The number of likely N-dealkylation sites (tertiary alicyclic amines) is 3. The quantitative estimate of drug-likeness (QED) is 0.0456. The third-order valence-electron chi connectivity index (χ3n) is 10.2. The van der Waals surface area contributed by atoms with E-state index in [1.807, 2.05) is 6.26 Å². The molecule has 0 radical (unpaired) electrons. The monoisotopic (exact) mass is 919 g/mol. The molecule has 0 aromatic rings. The number of nitrogens with two attached hydrogens (primary N) is 2. The highest BCUT2D eigenvalue weighted by molar-refractivity contribution is 7.98. The second-order valence-electron chi connectivity index (χ2n) is 14.4. The molecule has 3 rings (SSSR count). The molecule has 0 bridgehead atoms. The van der Waals surface area contributed by atoms with Crippen molar-refractivity contribution in [2.75, 3.05) is 68.5 Å². The molecule has 21 nitrogen and oxygen atoms in total. The first-order valence-electron chi connectivity index (χ1n) is 19.6. The summed E-state index contributed by atoms with van der Waals surface area (Å²) in [5.74, 6) is -5.83. The van der Waals surface area contributed by atoms with Gasteiger partial charge in [0, 0.05) is 36.9 Å². The van der Waals surface area contributed by atoms with Gasteiger partial charge in [0.25, 0.3) is 0 Å². The molecule has 0 saturated carbocycles. The van der Waals surface area contributed by atoms with E-state index in [0.717, 1.165) is 0 Å². The largest absolute Gasteiger partial charge is 0.368 e. The molecule has 3 heterocycles.